The van der Waals surface area contributed by atoms with Gasteiger partial charge in [-0.2, -0.15) is 4.98 Å². The van der Waals surface area contributed by atoms with Crippen LogP contribution in [0.1, 0.15) is 5.69 Å². The lowest BCUT2D eigenvalue weighted by Crippen LogP contribution is -2.13. The van der Waals surface area contributed by atoms with Crippen LogP contribution in [0.2, 0.25) is 5.02 Å². The van der Waals surface area contributed by atoms with Crippen LogP contribution < -0.4 is 11.0 Å². The largest absolute Gasteiger partial charge is 0.347 e. The van der Waals surface area contributed by atoms with Gasteiger partial charge >= 0.3 is 5.69 Å². The molecule has 1 heterocycles. The van der Waals surface area contributed by atoms with Crippen molar-refractivity contribution in [1.29, 1.82) is 0 Å². The molecular formula is C11H10ClN3O. The first-order valence-corrected chi connectivity index (χ1v) is 5.12. The van der Waals surface area contributed by atoms with Gasteiger partial charge in [0.2, 0.25) is 0 Å². The van der Waals surface area contributed by atoms with Gasteiger partial charge in [0.25, 0.3) is 0 Å². The Balaban J connectivity index is 2.26. The zero-order valence-corrected chi connectivity index (χ0v) is 9.38. The molecule has 0 saturated heterocycles. The van der Waals surface area contributed by atoms with Crippen molar-refractivity contribution < 1.29 is 0 Å². The van der Waals surface area contributed by atoms with Crippen molar-refractivity contribution in [3.05, 3.63) is 51.5 Å². The molecule has 2 rings (SSSR count). The fourth-order valence-electron chi connectivity index (χ4n) is 1.32. The second-order valence-corrected chi connectivity index (χ2v) is 3.82. The summed E-state index contributed by atoms with van der Waals surface area (Å²) in [6.07, 6.45) is 0. The highest BCUT2D eigenvalue weighted by atomic mass is 35.5. The van der Waals surface area contributed by atoms with Gasteiger partial charge in [0, 0.05) is 22.5 Å². The van der Waals surface area contributed by atoms with Gasteiger partial charge in [-0.3, -0.25) is 0 Å². The highest BCUT2D eigenvalue weighted by Crippen LogP contribution is 2.16. The minimum absolute atomic E-state index is 0.364. The number of aromatic nitrogens is 2. The lowest BCUT2D eigenvalue weighted by atomic mass is 10.3. The summed E-state index contributed by atoms with van der Waals surface area (Å²) in [6, 6.07) is 8.94. The van der Waals surface area contributed by atoms with Gasteiger partial charge in [-0.05, 0) is 31.2 Å². The van der Waals surface area contributed by atoms with E-state index < -0.39 is 0 Å². The molecule has 0 saturated carbocycles. The summed E-state index contributed by atoms with van der Waals surface area (Å²) in [7, 11) is 0. The summed E-state index contributed by atoms with van der Waals surface area (Å²) in [4.78, 5) is 17.5. The average molecular weight is 236 g/mol. The molecule has 1 aromatic heterocycles. The molecule has 0 unspecified atom stereocenters. The number of anilines is 2. The van der Waals surface area contributed by atoms with Crippen LogP contribution in [0.4, 0.5) is 11.5 Å². The molecule has 5 heteroatoms. The molecule has 16 heavy (non-hydrogen) atoms. The molecule has 0 aliphatic rings. The quantitative estimate of drug-likeness (QED) is 0.841. The molecule has 4 nitrogen and oxygen atoms in total. The van der Waals surface area contributed by atoms with E-state index in [1.54, 1.807) is 25.1 Å². The number of hydrogen-bond acceptors (Lipinski definition) is 3. The number of rotatable bonds is 2. The second-order valence-electron chi connectivity index (χ2n) is 3.39. The van der Waals surface area contributed by atoms with Crippen LogP contribution in [-0.2, 0) is 0 Å². The van der Waals surface area contributed by atoms with E-state index in [1.807, 2.05) is 12.1 Å². The van der Waals surface area contributed by atoms with E-state index in [0.717, 1.165) is 11.4 Å². The summed E-state index contributed by atoms with van der Waals surface area (Å²) in [6.45, 7) is 1.80. The fourth-order valence-corrected chi connectivity index (χ4v) is 1.45. The van der Waals surface area contributed by atoms with Gasteiger partial charge < -0.3 is 10.3 Å². The average Bonchev–Trinajstić information content (AvgIpc) is 2.20. The van der Waals surface area contributed by atoms with Crippen molar-refractivity contribution in [3.63, 3.8) is 0 Å². The van der Waals surface area contributed by atoms with Crippen LogP contribution in [0.5, 0.6) is 0 Å². The third kappa shape index (κ3) is 2.61. The van der Waals surface area contributed by atoms with Crippen LogP contribution in [0, 0.1) is 6.92 Å². The summed E-state index contributed by atoms with van der Waals surface area (Å²) >= 11 is 5.77. The number of H-pyrrole nitrogens is 1. The van der Waals surface area contributed by atoms with Crippen molar-refractivity contribution in [2.75, 3.05) is 5.32 Å². The Hall–Kier alpha value is -1.81. The first-order valence-electron chi connectivity index (χ1n) is 4.74. The molecule has 0 bridgehead atoms. The number of hydrogen-bond donors (Lipinski definition) is 2. The Bertz CT molecular complexity index is 548. The van der Waals surface area contributed by atoms with Gasteiger partial charge in [0.1, 0.15) is 5.82 Å². The third-order valence-electron chi connectivity index (χ3n) is 2.00. The second kappa shape index (κ2) is 4.37. The standard InChI is InChI=1S/C11H10ClN3O/c1-7-6-10(15-11(16)13-7)14-9-4-2-8(12)3-5-9/h2-6H,1H3,(H2,13,14,15,16). The molecule has 0 radical (unpaired) electrons. The SMILES string of the molecule is Cc1cc(Nc2ccc(Cl)cc2)nc(=O)[nH]1. The van der Waals surface area contributed by atoms with E-state index >= 15 is 0 Å². The number of halogens is 1. The summed E-state index contributed by atoms with van der Waals surface area (Å²) in [5, 5.41) is 3.69. The van der Waals surface area contributed by atoms with Crippen molar-refractivity contribution >= 4 is 23.1 Å². The lowest BCUT2D eigenvalue weighted by Gasteiger charge is -2.05. The van der Waals surface area contributed by atoms with E-state index in [9.17, 15) is 4.79 Å². The summed E-state index contributed by atoms with van der Waals surface area (Å²) in [5.74, 6) is 0.517. The number of nitrogens with one attached hydrogen (secondary N) is 2. The van der Waals surface area contributed by atoms with E-state index in [2.05, 4.69) is 15.3 Å². The third-order valence-corrected chi connectivity index (χ3v) is 2.25. The lowest BCUT2D eigenvalue weighted by molar-refractivity contribution is 1.03. The molecule has 0 atom stereocenters. The fraction of sp³-hybridized carbons (Fsp3) is 0.0909. The number of nitrogens with zero attached hydrogens (tertiary/aromatic N) is 1. The molecule has 0 aliphatic carbocycles. The molecular weight excluding hydrogens is 226 g/mol. The van der Waals surface area contributed by atoms with Crippen molar-refractivity contribution in [1.82, 2.24) is 9.97 Å². The zero-order chi connectivity index (χ0) is 11.5. The maximum atomic E-state index is 11.1. The normalized spacial score (nSPS) is 10.1. The minimum atomic E-state index is -0.364. The molecule has 2 aromatic rings. The topological polar surface area (TPSA) is 57.8 Å². The molecule has 0 spiro atoms. The molecule has 1 aromatic carbocycles. The predicted molar refractivity (Wildman–Crippen MR) is 64.3 cm³/mol. The smallest absolute Gasteiger partial charge is 0.340 e. The Morgan fingerprint density at radius 1 is 1.31 bits per heavy atom. The van der Waals surface area contributed by atoms with Crippen LogP contribution in [0.25, 0.3) is 0 Å². The van der Waals surface area contributed by atoms with Crippen LogP contribution in [-0.4, -0.2) is 9.97 Å². The Labute approximate surface area is 97.3 Å². The van der Waals surface area contributed by atoms with Crippen molar-refractivity contribution in [3.8, 4) is 0 Å². The first-order chi connectivity index (χ1) is 7.63. The zero-order valence-electron chi connectivity index (χ0n) is 8.62. The Kier molecular flexibility index (Phi) is 2.92. The van der Waals surface area contributed by atoms with Gasteiger partial charge in [-0.15, -0.1) is 0 Å². The maximum absolute atomic E-state index is 11.1. The number of aryl methyl sites for hydroxylation is 1. The Morgan fingerprint density at radius 3 is 2.62 bits per heavy atom. The minimum Gasteiger partial charge on any atom is -0.340 e. The van der Waals surface area contributed by atoms with Crippen LogP contribution in [0.3, 0.4) is 0 Å². The highest BCUT2D eigenvalue weighted by Gasteiger charge is 1.98. The molecule has 82 valence electrons. The Morgan fingerprint density at radius 2 is 2.00 bits per heavy atom. The highest BCUT2D eigenvalue weighted by molar-refractivity contribution is 6.30. The number of benzene rings is 1. The van der Waals surface area contributed by atoms with Gasteiger partial charge in [-0.25, -0.2) is 4.79 Å². The molecule has 0 aliphatic heterocycles. The van der Waals surface area contributed by atoms with E-state index in [4.69, 9.17) is 11.6 Å². The van der Waals surface area contributed by atoms with E-state index in [-0.39, 0.29) is 5.69 Å². The van der Waals surface area contributed by atoms with Crippen molar-refractivity contribution in [2.24, 2.45) is 0 Å². The maximum Gasteiger partial charge on any atom is 0.347 e. The van der Waals surface area contributed by atoms with E-state index in [1.165, 1.54) is 0 Å². The van der Waals surface area contributed by atoms with E-state index in [0.29, 0.717) is 10.8 Å². The predicted octanol–water partition coefficient (Wildman–Crippen LogP) is 2.48. The monoisotopic (exact) mass is 235 g/mol. The molecule has 0 amide bonds. The number of aromatic amines is 1. The first kappa shape index (κ1) is 10.7. The van der Waals surface area contributed by atoms with Gasteiger partial charge in [-0.1, -0.05) is 11.6 Å². The van der Waals surface area contributed by atoms with Gasteiger partial charge in [0.15, 0.2) is 0 Å². The van der Waals surface area contributed by atoms with Crippen LogP contribution in [0.15, 0.2) is 35.1 Å². The van der Waals surface area contributed by atoms with Crippen molar-refractivity contribution in [2.45, 2.75) is 6.92 Å². The summed E-state index contributed by atoms with van der Waals surface area (Å²) < 4.78 is 0. The molecule has 0 fully saturated rings. The summed E-state index contributed by atoms with van der Waals surface area (Å²) in [5.41, 5.74) is 1.23. The molecule has 2 N–H and O–H groups in total. The van der Waals surface area contributed by atoms with Gasteiger partial charge in [0.05, 0.1) is 0 Å². The van der Waals surface area contributed by atoms with Crippen LogP contribution >= 0.6 is 11.6 Å².